The molecule has 1 aromatic rings. The van der Waals surface area contributed by atoms with E-state index in [1.165, 1.54) is 0 Å². The fourth-order valence-electron chi connectivity index (χ4n) is 1.72. The molecule has 0 radical (unpaired) electrons. The Kier molecular flexibility index (Phi) is 4.18. The van der Waals surface area contributed by atoms with Crippen molar-refractivity contribution in [3.05, 3.63) is 11.4 Å². The van der Waals surface area contributed by atoms with Crippen LogP contribution in [0.2, 0.25) is 0 Å². The summed E-state index contributed by atoms with van der Waals surface area (Å²) in [4.78, 5) is 0. The Morgan fingerprint density at radius 2 is 2.07 bits per heavy atom. The molecule has 0 spiro atoms. The minimum atomic E-state index is 0.339. The van der Waals surface area contributed by atoms with Crippen LogP contribution < -0.4 is 0 Å². The van der Waals surface area contributed by atoms with E-state index in [1.807, 2.05) is 11.7 Å². The van der Waals surface area contributed by atoms with Gasteiger partial charge in [-0.15, -0.1) is 0 Å². The largest absolute Gasteiger partial charge is 0.504 e. The smallest absolute Gasteiger partial charge is 0.160 e. The zero-order valence-electron chi connectivity index (χ0n) is 10.2. The fraction of sp³-hybridized carbons (Fsp3) is 0.750. The van der Waals surface area contributed by atoms with E-state index in [4.69, 9.17) is 0 Å². The SMILES string of the molecule is CCCCc1c(O)c(C(C)CC)nn1C. The highest BCUT2D eigenvalue weighted by atomic mass is 16.3. The normalized spacial score (nSPS) is 13.1. The maximum absolute atomic E-state index is 10.1. The van der Waals surface area contributed by atoms with Gasteiger partial charge >= 0.3 is 0 Å². The van der Waals surface area contributed by atoms with Crippen molar-refractivity contribution in [3.63, 3.8) is 0 Å². The van der Waals surface area contributed by atoms with Crippen LogP contribution >= 0.6 is 0 Å². The Labute approximate surface area is 92.1 Å². The third-order valence-electron chi connectivity index (χ3n) is 3.01. The van der Waals surface area contributed by atoms with E-state index in [2.05, 4.69) is 25.9 Å². The number of hydrogen-bond acceptors (Lipinski definition) is 2. The molecule has 15 heavy (non-hydrogen) atoms. The molecule has 0 fully saturated rings. The van der Waals surface area contributed by atoms with Gasteiger partial charge < -0.3 is 5.11 Å². The molecule has 0 bridgehead atoms. The van der Waals surface area contributed by atoms with Crippen LogP contribution in [0.4, 0.5) is 0 Å². The highest BCUT2D eigenvalue weighted by Crippen LogP contribution is 2.30. The van der Waals surface area contributed by atoms with Crippen molar-refractivity contribution in [2.24, 2.45) is 7.05 Å². The van der Waals surface area contributed by atoms with Gasteiger partial charge in [0.15, 0.2) is 5.75 Å². The van der Waals surface area contributed by atoms with E-state index < -0.39 is 0 Å². The van der Waals surface area contributed by atoms with Crippen LogP contribution in [0.3, 0.4) is 0 Å². The molecule has 0 amide bonds. The van der Waals surface area contributed by atoms with E-state index in [-0.39, 0.29) is 0 Å². The van der Waals surface area contributed by atoms with Crippen molar-refractivity contribution >= 4 is 0 Å². The number of aromatic nitrogens is 2. The first-order valence-electron chi connectivity index (χ1n) is 5.86. The van der Waals surface area contributed by atoms with Crippen molar-refractivity contribution in [2.45, 2.75) is 52.4 Å². The summed E-state index contributed by atoms with van der Waals surface area (Å²) in [6, 6.07) is 0. The first kappa shape index (κ1) is 12.1. The van der Waals surface area contributed by atoms with Crippen LogP contribution in [0.5, 0.6) is 5.75 Å². The standard InChI is InChI=1S/C12H22N2O/c1-5-7-8-10-12(15)11(9(3)6-2)13-14(10)4/h9,15H,5-8H2,1-4H3. The first-order valence-corrected chi connectivity index (χ1v) is 5.86. The van der Waals surface area contributed by atoms with Gasteiger partial charge in [-0.05, 0) is 19.3 Å². The second-order valence-corrected chi connectivity index (χ2v) is 4.22. The Morgan fingerprint density at radius 3 is 2.60 bits per heavy atom. The molecule has 3 nitrogen and oxygen atoms in total. The predicted molar refractivity (Wildman–Crippen MR) is 62.2 cm³/mol. The molecule has 1 rings (SSSR count). The molecule has 0 saturated carbocycles. The summed E-state index contributed by atoms with van der Waals surface area (Å²) in [5.74, 6) is 0.756. The Hall–Kier alpha value is -0.990. The average Bonchev–Trinajstić information content (AvgIpc) is 2.51. The van der Waals surface area contributed by atoms with Crippen LogP contribution in [-0.2, 0) is 13.5 Å². The van der Waals surface area contributed by atoms with Gasteiger partial charge in [0.05, 0.1) is 5.69 Å². The van der Waals surface area contributed by atoms with E-state index in [0.29, 0.717) is 11.7 Å². The van der Waals surface area contributed by atoms with Crippen LogP contribution in [0.1, 0.15) is 57.3 Å². The van der Waals surface area contributed by atoms with Gasteiger partial charge in [-0.3, -0.25) is 4.68 Å². The molecule has 0 aliphatic rings. The first-order chi connectivity index (χ1) is 7.11. The summed E-state index contributed by atoms with van der Waals surface area (Å²) < 4.78 is 1.83. The molecule has 0 aliphatic carbocycles. The van der Waals surface area contributed by atoms with Gasteiger partial charge in [-0.25, -0.2) is 0 Å². The summed E-state index contributed by atoms with van der Waals surface area (Å²) in [5, 5.41) is 14.5. The summed E-state index contributed by atoms with van der Waals surface area (Å²) >= 11 is 0. The molecule has 1 atom stereocenters. The van der Waals surface area contributed by atoms with Crippen LogP contribution in [0.15, 0.2) is 0 Å². The molecule has 1 unspecified atom stereocenters. The van der Waals surface area contributed by atoms with Crippen molar-refractivity contribution in [1.82, 2.24) is 9.78 Å². The summed E-state index contributed by atoms with van der Waals surface area (Å²) in [7, 11) is 1.91. The highest BCUT2D eigenvalue weighted by molar-refractivity contribution is 5.34. The molecule has 1 heterocycles. The summed E-state index contributed by atoms with van der Waals surface area (Å²) in [6.45, 7) is 6.37. The van der Waals surface area contributed by atoms with E-state index in [9.17, 15) is 5.11 Å². The van der Waals surface area contributed by atoms with Crippen LogP contribution in [0, 0.1) is 0 Å². The van der Waals surface area contributed by atoms with Crippen molar-refractivity contribution in [1.29, 1.82) is 0 Å². The third kappa shape index (κ3) is 2.52. The van der Waals surface area contributed by atoms with Crippen LogP contribution in [0.25, 0.3) is 0 Å². The number of rotatable bonds is 5. The Balaban J connectivity index is 2.92. The van der Waals surface area contributed by atoms with Gasteiger partial charge in [0.25, 0.3) is 0 Å². The minimum Gasteiger partial charge on any atom is -0.504 e. The van der Waals surface area contributed by atoms with Gasteiger partial charge in [0.2, 0.25) is 0 Å². The second-order valence-electron chi connectivity index (χ2n) is 4.22. The Bertz CT molecular complexity index is 318. The molecule has 0 aliphatic heterocycles. The number of unbranched alkanes of at least 4 members (excludes halogenated alkanes) is 1. The third-order valence-corrected chi connectivity index (χ3v) is 3.01. The lowest BCUT2D eigenvalue weighted by atomic mass is 10.0. The minimum absolute atomic E-state index is 0.339. The maximum atomic E-state index is 10.1. The monoisotopic (exact) mass is 210 g/mol. The average molecular weight is 210 g/mol. The molecule has 0 saturated heterocycles. The quantitative estimate of drug-likeness (QED) is 0.811. The Morgan fingerprint density at radius 1 is 1.40 bits per heavy atom. The van der Waals surface area contributed by atoms with Gasteiger partial charge in [-0.2, -0.15) is 5.10 Å². The number of hydrogen-bond donors (Lipinski definition) is 1. The molecular formula is C12H22N2O. The fourth-order valence-corrected chi connectivity index (χ4v) is 1.72. The number of aromatic hydroxyl groups is 1. The molecule has 1 N–H and O–H groups in total. The van der Waals surface area contributed by atoms with Crippen molar-refractivity contribution in [3.8, 4) is 5.75 Å². The van der Waals surface area contributed by atoms with Crippen molar-refractivity contribution < 1.29 is 5.11 Å². The lowest BCUT2D eigenvalue weighted by Gasteiger charge is -2.04. The topological polar surface area (TPSA) is 38.1 Å². The van der Waals surface area contributed by atoms with Gasteiger partial charge in [0, 0.05) is 13.0 Å². The zero-order chi connectivity index (χ0) is 11.4. The molecule has 0 aromatic carbocycles. The van der Waals surface area contributed by atoms with Gasteiger partial charge in [-0.1, -0.05) is 27.2 Å². The summed E-state index contributed by atoms with van der Waals surface area (Å²) in [6.07, 6.45) is 4.18. The van der Waals surface area contributed by atoms with E-state index in [0.717, 1.165) is 37.1 Å². The molecule has 3 heteroatoms. The predicted octanol–water partition coefficient (Wildman–Crippen LogP) is 2.98. The molecule has 86 valence electrons. The zero-order valence-corrected chi connectivity index (χ0v) is 10.2. The number of aryl methyl sites for hydroxylation is 1. The highest BCUT2D eigenvalue weighted by Gasteiger charge is 2.18. The van der Waals surface area contributed by atoms with Crippen molar-refractivity contribution in [2.75, 3.05) is 0 Å². The summed E-state index contributed by atoms with van der Waals surface area (Å²) in [5.41, 5.74) is 1.83. The van der Waals surface area contributed by atoms with E-state index >= 15 is 0 Å². The second kappa shape index (κ2) is 5.19. The van der Waals surface area contributed by atoms with E-state index in [1.54, 1.807) is 0 Å². The van der Waals surface area contributed by atoms with Gasteiger partial charge in [0.1, 0.15) is 5.69 Å². The maximum Gasteiger partial charge on any atom is 0.160 e. The lowest BCUT2D eigenvalue weighted by molar-refractivity contribution is 0.453. The number of nitrogens with zero attached hydrogens (tertiary/aromatic N) is 2. The van der Waals surface area contributed by atoms with Crippen LogP contribution in [-0.4, -0.2) is 14.9 Å². The lowest BCUT2D eigenvalue weighted by Crippen LogP contribution is -1.98. The molecular weight excluding hydrogens is 188 g/mol. The molecule has 1 aromatic heterocycles.